The van der Waals surface area contributed by atoms with Gasteiger partial charge in [-0.1, -0.05) is 0 Å². The highest BCUT2D eigenvalue weighted by molar-refractivity contribution is 5.02. The quantitative estimate of drug-likeness (QED) is 0.173. The summed E-state index contributed by atoms with van der Waals surface area (Å²) in [6.45, 7) is 0.163. The maximum Gasteiger partial charge on any atom is 0.187 e. The summed E-state index contributed by atoms with van der Waals surface area (Å²) in [5.41, 5.74) is 5.77. The fourth-order valence-electron chi connectivity index (χ4n) is 4.32. The van der Waals surface area contributed by atoms with E-state index in [-0.39, 0.29) is 0 Å². The third-order valence-corrected chi connectivity index (χ3v) is 6.42. The highest BCUT2D eigenvalue weighted by Crippen LogP contribution is 2.34. The minimum Gasteiger partial charge on any atom is -0.396 e. The van der Waals surface area contributed by atoms with Crippen molar-refractivity contribution in [3.63, 3.8) is 0 Å². The Morgan fingerprint density at radius 3 is 1.78 bits per heavy atom. The van der Waals surface area contributed by atoms with Gasteiger partial charge in [0, 0.05) is 12.0 Å². The minimum atomic E-state index is -1.78. The van der Waals surface area contributed by atoms with Crippen LogP contribution in [0.2, 0.25) is 0 Å². The summed E-state index contributed by atoms with van der Waals surface area (Å²) in [5, 5.41) is 90.3. The largest absolute Gasteiger partial charge is 0.396 e. The molecule has 14 heteroatoms. The standard InChI is InChI=1S/C18H33NO13/c1-4-8(22)10(24)13(27)17(29-4)32-16-6(3-21)30-18(14(28)12(16)26)31-15-5(2-20)7(19)9(23)11(15)25/h4-18,20-28H,2-3,19H2,1H3/t4-,5+,6-,7-,8-,9+,10+,11+,12-,13-,14-,15-,16-,17+,18-/m1/s1. The Hall–Kier alpha value is -0.560. The highest BCUT2D eigenvalue weighted by atomic mass is 16.7. The van der Waals surface area contributed by atoms with E-state index >= 15 is 0 Å². The zero-order chi connectivity index (χ0) is 23.9. The molecule has 0 bridgehead atoms. The SMILES string of the molecule is C[C@H]1O[C@@H](O[C@H]2[C@H](O)[C@@H](O)[C@@H](O[C@H]3[C@@H](O)[C@@H](O)[C@H](N)[C@@H]3CO)O[C@@H]2CO)[C@H](O)[C@@H](O)[C@@H]1O. The van der Waals surface area contributed by atoms with E-state index < -0.39 is 105 Å². The van der Waals surface area contributed by atoms with E-state index in [9.17, 15) is 46.0 Å². The van der Waals surface area contributed by atoms with Crippen LogP contribution in [0.15, 0.2) is 0 Å². The van der Waals surface area contributed by atoms with Crippen LogP contribution in [-0.2, 0) is 18.9 Å². The maximum atomic E-state index is 10.6. The van der Waals surface area contributed by atoms with Gasteiger partial charge in [0.1, 0.15) is 48.8 Å². The Balaban J connectivity index is 1.71. The van der Waals surface area contributed by atoms with Gasteiger partial charge in [0.05, 0.1) is 31.5 Å². The molecule has 0 unspecified atom stereocenters. The Labute approximate surface area is 183 Å². The first-order chi connectivity index (χ1) is 15.0. The van der Waals surface area contributed by atoms with Crippen LogP contribution in [0.5, 0.6) is 0 Å². The lowest BCUT2D eigenvalue weighted by Gasteiger charge is -2.46. The Morgan fingerprint density at radius 2 is 1.19 bits per heavy atom. The third kappa shape index (κ3) is 4.67. The lowest BCUT2D eigenvalue weighted by atomic mass is 9.97. The van der Waals surface area contributed by atoms with Gasteiger partial charge >= 0.3 is 0 Å². The van der Waals surface area contributed by atoms with E-state index in [0.29, 0.717) is 0 Å². The molecule has 188 valence electrons. The monoisotopic (exact) mass is 471 g/mol. The molecular weight excluding hydrogens is 438 g/mol. The molecule has 2 saturated heterocycles. The van der Waals surface area contributed by atoms with E-state index in [4.69, 9.17) is 24.7 Å². The summed E-state index contributed by atoms with van der Waals surface area (Å²) in [7, 11) is 0. The molecule has 11 N–H and O–H groups in total. The van der Waals surface area contributed by atoms with Crippen LogP contribution in [0, 0.1) is 5.92 Å². The van der Waals surface area contributed by atoms with Crippen molar-refractivity contribution in [3.8, 4) is 0 Å². The molecular formula is C18H33NO13. The van der Waals surface area contributed by atoms with Crippen molar-refractivity contribution >= 4 is 0 Å². The Morgan fingerprint density at radius 1 is 0.656 bits per heavy atom. The lowest BCUT2D eigenvalue weighted by molar-refractivity contribution is -0.363. The Kier molecular flexibility index (Phi) is 8.44. The molecule has 2 heterocycles. The second kappa shape index (κ2) is 10.4. The predicted octanol–water partition coefficient (Wildman–Crippen LogP) is -6.31. The van der Waals surface area contributed by atoms with Gasteiger partial charge in [0.15, 0.2) is 12.6 Å². The fraction of sp³-hybridized carbons (Fsp3) is 1.00. The van der Waals surface area contributed by atoms with Crippen LogP contribution >= 0.6 is 0 Å². The number of ether oxygens (including phenoxy) is 4. The van der Waals surface area contributed by atoms with Gasteiger partial charge in [-0.3, -0.25) is 0 Å². The van der Waals surface area contributed by atoms with Crippen LogP contribution in [0.3, 0.4) is 0 Å². The molecule has 0 aromatic rings. The van der Waals surface area contributed by atoms with Crippen LogP contribution in [0.4, 0.5) is 0 Å². The second-order valence-electron chi connectivity index (χ2n) is 8.49. The van der Waals surface area contributed by atoms with Crippen molar-refractivity contribution in [3.05, 3.63) is 0 Å². The molecule has 0 spiro atoms. The molecule has 1 saturated carbocycles. The van der Waals surface area contributed by atoms with Crippen molar-refractivity contribution < 1.29 is 64.9 Å². The second-order valence-corrected chi connectivity index (χ2v) is 8.49. The summed E-state index contributed by atoms with van der Waals surface area (Å²) in [4.78, 5) is 0. The summed E-state index contributed by atoms with van der Waals surface area (Å²) < 4.78 is 21.8. The van der Waals surface area contributed by atoms with Gasteiger partial charge in [-0.2, -0.15) is 0 Å². The molecule has 1 aliphatic carbocycles. The van der Waals surface area contributed by atoms with Gasteiger partial charge in [0.2, 0.25) is 0 Å². The molecule has 3 fully saturated rings. The van der Waals surface area contributed by atoms with Crippen molar-refractivity contribution in [1.82, 2.24) is 0 Å². The molecule has 14 nitrogen and oxygen atoms in total. The molecule has 15 atom stereocenters. The van der Waals surface area contributed by atoms with Gasteiger partial charge in [-0.05, 0) is 6.92 Å². The van der Waals surface area contributed by atoms with Gasteiger partial charge in [0.25, 0.3) is 0 Å². The third-order valence-electron chi connectivity index (χ3n) is 6.42. The van der Waals surface area contributed by atoms with Crippen molar-refractivity contribution in [2.75, 3.05) is 13.2 Å². The normalized spacial score (nSPS) is 54.7. The maximum absolute atomic E-state index is 10.6. The molecule has 3 rings (SSSR count). The van der Waals surface area contributed by atoms with E-state index in [2.05, 4.69) is 0 Å². The lowest BCUT2D eigenvalue weighted by Crippen LogP contribution is -2.64. The average Bonchev–Trinajstić information content (AvgIpc) is 2.98. The molecule has 0 aromatic carbocycles. The number of hydrogen-bond acceptors (Lipinski definition) is 14. The van der Waals surface area contributed by atoms with Crippen molar-refractivity contribution in [2.24, 2.45) is 11.7 Å². The van der Waals surface area contributed by atoms with E-state index in [1.807, 2.05) is 0 Å². The molecule has 2 aliphatic heterocycles. The van der Waals surface area contributed by atoms with Gasteiger partial charge in [-0.25, -0.2) is 0 Å². The zero-order valence-corrected chi connectivity index (χ0v) is 17.3. The number of nitrogens with two attached hydrogens (primary N) is 1. The zero-order valence-electron chi connectivity index (χ0n) is 17.3. The predicted molar refractivity (Wildman–Crippen MR) is 100 cm³/mol. The van der Waals surface area contributed by atoms with Gasteiger partial charge < -0.3 is 70.6 Å². The topological polar surface area (TPSA) is 245 Å². The highest BCUT2D eigenvalue weighted by Gasteiger charge is 2.54. The molecule has 0 aromatic heterocycles. The summed E-state index contributed by atoms with van der Waals surface area (Å²) >= 11 is 0. The fourth-order valence-corrected chi connectivity index (χ4v) is 4.32. The van der Waals surface area contributed by atoms with Gasteiger partial charge in [-0.15, -0.1) is 0 Å². The van der Waals surface area contributed by atoms with Crippen LogP contribution in [0.25, 0.3) is 0 Å². The van der Waals surface area contributed by atoms with E-state index in [0.717, 1.165) is 0 Å². The van der Waals surface area contributed by atoms with E-state index in [1.54, 1.807) is 0 Å². The van der Waals surface area contributed by atoms with Crippen LogP contribution < -0.4 is 5.73 Å². The van der Waals surface area contributed by atoms with Crippen molar-refractivity contribution in [2.45, 2.75) is 92.7 Å². The molecule has 32 heavy (non-hydrogen) atoms. The molecule has 0 amide bonds. The first-order valence-electron chi connectivity index (χ1n) is 10.4. The minimum absolute atomic E-state index is 0.538. The Bertz CT molecular complexity index is 613. The smallest absolute Gasteiger partial charge is 0.187 e. The first kappa shape index (κ1) is 26.1. The number of hydrogen-bond donors (Lipinski definition) is 10. The number of rotatable bonds is 6. The first-order valence-corrected chi connectivity index (χ1v) is 10.4. The van der Waals surface area contributed by atoms with E-state index in [1.165, 1.54) is 6.92 Å². The van der Waals surface area contributed by atoms with Crippen LogP contribution in [-0.4, -0.2) is 145 Å². The van der Waals surface area contributed by atoms with Crippen LogP contribution in [0.1, 0.15) is 6.92 Å². The summed E-state index contributed by atoms with van der Waals surface area (Å²) in [6, 6.07) is -1.01. The summed E-state index contributed by atoms with van der Waals surface area (Å²) in [5.74, 6) is -0.894. The summed E-state index contributed by atoms with van der Waals surface area (Å²) in [6.07, 6.45) is -19.1. The number of aliphatic hydroxyl groups excluding tert-OH is 9. The average molecular weight is 471 g/mol. The molecule has 0 radical (unpaired) electrons. The molecule has 3 aliphatic rings. The van der Waals surface area contributed by atoms with Crippen molar-refractivity contribution in [1.29, 1.82) is 0 Å². The number of aliphatic hydroxyl groups is 9.